The molecule has 0 aliphatic carbocycles. The summed E-state index contributed by atoms with van der Waals surface area (Å²) in [5, 5.41) is 10.6. The van der Waals surface area contributed by atoms with Gasteiger partial charge >= 0.3 is 0 Å². The Bertz CT molecular complexity index is 530. The first-order valence-electron chi connectivity index (χ1n) is 7.19. The van der Waals surface area contributed by atoms with E-state index in [0.717, 1.165) is 17.5 Å². The molecule has 0 fully saturated rings. The van der Waals surface area contributed by atoms with E-state index in [1.807, 2.05) is 12.1 Å². The lowest BCUT2D eigenvalue weighted by Gasteiger charge is -2.22. The number of aliphatic hydroxyl groups is 1. The van der Waals surface area contributed by atoms with E-state index >= 15 is 0 Å². The Balaban J connectivity index is 2.23. The van der Waals surface area contributed by atoms with Crippen LogP contribution in [0.25, 0.3) is 0 Å². The molecule has 0 radical (unpaired) electrons. The van der Waals surface area contributed by atoms with Gasteiger partial charge in [-0.2, -0.15) is 0 Å². The van der Waals surface area contributed by atoms with Crippen molar-refractivity contribution in [3.05, 3.63) is 70.8 Å². The van der Waals surface area contributed by atoms with Crippen molar-refractivity contribution >= 4 is 0 Å². The highest BCUT2D eigenvalue weighted by molar-refractivity contribution is 5.30. The highest BCUT2D eigenvalue weighted by Gasteiger charge is 2.21. The fourth-order valence-corrected chi connectivity index (χ4v) is 2.44. The first-order valence-corrected chi connectivity index (χ1v) is 7.19. The number of aliphatic hydroxyl groups excluding tert-OH is 1. The van der Waals surface area contributed by atoms with Gasteiger partial charge in [-0.15, -0.1) is 0 Å². The first kappa shape index (κ1) is 14.8. The van der Waals surface area contributed by atoms with Crippen LogP contribution in [0.1, 0.15) is 41.2 Å². The van der Waals surface area contributed by atoms with E-state index in [2.05, 4.69) is 50.2 Å². The van der Waals surface area contributed by atoms with Crippen LogP contribution in [0, 0.1) is 6.92 Å². The van der Waals surface area contributed by atoms with Gasteiger partial charge in [-0.1, -0.05) is 61.0 Å². The summed E-state index contributed by atoms with van der Waals surface area (Å²) in [6.07, 6.45) is 0.447. The molecule has 0 bridgehead atoms. The summed E-state index contributed by atoms with van der Waals surface area (Å²) in [7, 11) is 0. The van der Waals surface area contributed by atoms with Gasteiger partial charge in [-0.05, 0) is 30.0 Å². The van der Waals surface area contributed by atoms with Crippen molar-refractivity contribution in [1.82, 2.24) is 0 Å². The number of hydrogen-bond donors (Lipinski definition) is 2. The van der Waals surface area contributed by atoms with Gasteiger partial charge in [-0.25, -0.2) is 0 Å². The molecule has 2 atom stereocenters. The minimum atomic E-state index is -0.561. The van der Waals surface area contributed by atoms with Crippen molar-refractivity contribution in [2.24, 2.45) is 5.73 Å². The number of rotatable bonds is 5. The largest absolute Gasteiger partial charge is 0.388 e. The summed E-state index contributed by atoms with van der Waals surface area (Å²) in [6, 6.07) is 16.4. The van der Waals surface area contributed by atoms with Crippen LogP contribution in [-0.4, -0.2) is 11.7 Å². The van der Waals surface area contributed by atoms with E-state index in [-0.39, 0.29) is 5.92 Å². The van der Waals surface area contributed by atoms with Gasteiger partial charge in [0.1, 0.15) is 0 Å². The SMILES string of the molecule is CCc1ccc(C(O)C(CN)c2ccc(C)cc2)cc1. The lowest BCUT2D eigenvalue weighted by molar-refractivity contribution is 0.147. The van der Waals surface area contributed by atoms with Crippen molar-refractivity contribution < 1.29 is 5.11 Å². The van der Waals surface area contributed by atoms with E-state index in [4.69, 9.17) is 5.73 Å². The van der Waals surface area contributed by atoms with Gasteiger partial charge in [0, 0.05) is 12.5 Å². The predicted molar refractivity (Wildman–Crippen MR) is 83.8 cm³/mol. The van der Waals surface area contributed by atoms with Crippen molar-refractivity contribution in [2.45, 2.75) is 32.3 Å². The average Bonchev–Trinajstić information content (AvgIpc) is 2.50. The van der Waals surface area contributed by atoms with Gasteiger partial charge in [-0.3, -0.25) is 0 Å². The zero-order valence-corrected chi connectivity index (χ0v) is 12.2. The lowest BCUT2D eigenvalue weighted by atomic mass is 9.88. The van der Waals surface area contributed by atoms with Crippen molar-refractivity contribution in [3.8, 4) is 0 Å². The smallest absolute Gasteiger partial charge is 0.0870 e. The highest BCUT2D eigenvalue weighted by atomic mass is 16.3. The zero-order chi connectivity index (χ0) is 14.5. The molecule has 2 nitrogen and oxygen atoms in total. The molecule has 2 aromatic rings. The van der Waals surface area contributed by atoms with Gasteiger partial charge in [0.25, 0.3) is 0 Å². The summed E-state index contributed by atoms with van der Waals surface area (Å²) in [5.74, 6) is -0.0666. The van der Waals surface area contributed by atoms with E-state index in [0.29, 0.717) is 6.54 Å². The quantitative estimate of drug-likeness (QED) is 0.874. The first-order chi connectivity index (χ1) is 9.65. The van der Waals surface area contributed by atoms with Crippen LogP contribution < -0.4 is 5.73 Å². The number of benzene rings is 2. The molecule has 2 unspecified atom stereocenters. The Kier molecular flexibility index (Phi) is 4.94. The topological polar surface area (TPSA) is 46.2 Å². The Hall–Kier alpha value is -1.64. The Morgan fingerprint density at radius 2 is 1.50 bits per heavy atom. The Morgan fingerprint density at radius 3 is 2.00 bits per heavy atom. The standard InChI is InChI=1S/C18H23NO/c1-3-14-6-10-16(11-7-14)18(20)17(12-19)15-8-4-13(2)5-9-15/h4-11,17-18,20H,3,12,19H2,1-2H3. The van der Waals surface area contributed by atoms with Crippen LogP contribution in [0.5, 0.6) is 0 Å². The second-order valence-electron chi connectivity index (χ2n) is 5.29. The van der Waals surface area contributed by atoms with Crippen molar-refractivity contribution in [1.29, 1.82) is 0 Å². The van der Waals surface area contributed by atoms with E-state index in [1.165, 1.54) is 11.1 Å². The minimum absolute atomic E-state index is 0.0666. The second kappa shape index (κ2) is 6.69. The Morgan fingerprint density at radius 1 is 0.950 bits per heavy atom. The van der Waals surface area contributed by atoms with Crippen LogP contribution in [-0.2, 0) is 6.42 Å². The molecule has 0 aliphatic heterocycles. The van der Waals surface area contributed by atoms with Crippen LogP contribution >= 0.6 is 0 Å². The maximum absolute atomic E-state index is 10.6. The molecule has 0 aliphatic rings. The lowest BCUT2D eigenvalue weighted by Crippen LogP contribution is -2.20. The average molecular weight is 269 g/mol. The third-order valence-corrected chi connectivity index (χ3v) is 3.87. The highest BCUT2D eigenvalue weighted by Crippen LogP contribution is 2.30. The van der Waals surface area contributed by atoms with Crippen LogP contribution in [0.4, 0.5) is 0 Å². The summed E-state index contributed by atoms with van der Waals surface area (Å²) in [6.45, 7) is 4.61. The molecule has 0 saturated carbocycles. The van der Waals surface area contributed by atoms with E-state index < -0.39 is 6.10 Å². The van der Waals surface area contributed by atoms with Crippen LogP contribution in [0.2, 0.25) is 0 Å². The molecule has 20 heavy (non-hydrogen) atoms. The molecular formula is C18H23NO. The van der Waals surface area contributed by atoms with Crippen molar-refractivity contribution in [3.63, 3.8) is 0 Å². The summed E-state index contributed by atoms with van der Waals surface area (Å²) < 4.78 is 0. The molecular weight excluding hydrogens is 246 g/mol. The minimum Gasteiger partial charge on any atom is -0.388 e. The van der Waals surface area contributed by atoms with Crippen molar-refractivity contribution in [2.75, 3.05) is 6.54 Å². The number of aryl methyl sites for hydroxylation is 2. The van der Waals surface area contributed by atoms with Gasteiger partial charge in [0.2, 0.25) is 0 Å². The molecule has 106 valence electrons. The third kappa shape index (κ3) is 3.27. The molecule has 0 aromatic heterocycles. The zero-order valence-electron chi connectivity index (χ0n) is 12.2. The molecule has 0 heterocycles. The summed E-state index contributed by atoms with van der Waals surface area (Å²) in [5.41, 5.74) is 10.4. The Labute approximate surface area is 121 Å². The van der Waals surface area contributed by atoms with Gasteiger partial charge < -0.3 is 10.8 Å². The monoisotopic (exact) mass is 269 g/mol. The van der Waals surface area contributed by atoms with Gasteiger partial charge in [0.15, 0.2) is 0 Å². The van der Waals surface area contributed by atoms with Crippen LogP contribution in [0.15, 0.2) is 48.5 Å². The fraction of sp³-hybridized carbons (Fsp3) is 0.333. The normalized spacial score (nSPS) is 14.0. The fourth-order valence-electron chi connectivity index (χ4n) is 2.44. The van der Waals surface area contributed by atoms with Gasteiger partial charge in [0.05, 0.1) is 6.10 Å². The summed E-state index contributed by atoms with van der Waals surface area (Å²) >= 11 is 0. The predicted octanol–water partition coefficient (Wildman–Crippen LogP) is 3.33. The maximum atomic E-state index is 10.6. The molecule has 2 rings (SSSR count). The van der Waals surface area contributed by atoms with E-state index in [9.17, 15) is 5.11 Å². The molecule has 3 N–H and O–H groups in total. The molecule has 0 amide bonds. The maximum Gasteiger partial charge on any atom is 0.0870 e. The second-order valence-corrected chi connectivity index (χ2v) is 5.29. The molecule has 0 spiro atoms. The van der Waals surface area contributed by atoms with Crippen LogP contribution in [0.3, 0.4) is 0 Å². The molecule has 2 heteroatoms. The number of nitrogens with two attached hydrogens (primary N) is 1. The molecule has 0 saturated heterocycles. The van der Waals surface area contributed by atoms with E-state index in [1.54, 1.807) is 0 Å². The summed E-state index contributed by atoms with van der Waals surface area (Å²) in [4.78, 5) is 0. The third-order valence-electron chi connectivity index (χ3n) is 3.87. The number of hydrogen-bond acceptors (Lipinski definition) is 2. The molecule has 2 aromatic carbocycles.